The topological polar surface area (TPSA) is 109 Å². The largest absolute Gasteiger partial charge is 0.495 e. The standard InChI is InChI=1S/C22H19BrN2O6/c1-30-20-10-17-14(8-15(20)23)19(9-16(24-17)12-5-3-2-4-6-12)31-13-7-18(21(26)27)25(11-13)22(28)29/h2-6,8-10,13,18H,7,11H2,1H3,(H,26,27)(H,28,29)/t13-,18+/m1/s1. The van der Waals surface area contributed by atoms with Crippen molar-refractivity contribution in [1.29, 1.82) is 0 Å². The molecule has 160 valence electrons. The predicted octanol–water partition coefficient (Wildman–Crippen LogP) is 4.26. The molecule has 8 nitrogen and oxygen atoms in total. The number of carbonyl (C=O) groups is 2. The maximum absolute atomic E-state index is 11.5. The number of rotatable bonds is 5. The van der Waals surface area contributed by atoms with E-state index in [0.717, 1.165) is 10.5 Å². The van der Waals surface area contributed by atoms with E-state index in [4.69, 9.17) is 14.5 Å². The van der Waals surface area contributed by atoms with Crippen molar-refractivity contribution in [2.24, 2.45) is 0 Å². The Bertz CT molecular complexity index is 1130. The van der Waals surface area contributed by atoms with Crippen molar-refractivity contribution >= 4 is 38.9 Å². The van der Waals surface area contributed by atoms with Gasteiger partial charge in [0.25, 0.3) is 0 Å². The summed E-state index contributed by atoms with van der Waals surface area (Å²) in [5.74, 6) is -0.0841. The molecule has 2 aromatic carbocycles. The van der Waals surface area contributed by atoms with Crippen molar-refractivity contribution in [2.75, 3.05) is 13.7 Å². The third kappa shape index (κ3) is 4.13. The Labute approximate surface area is 186 Å². The summed E-state index contributed by atoms with van der Waals surface area (Å²) in [6.07, 6.45) is -1.83. The molecule has 3 aromatic rings. The molecule has 2 N–H and O–H groups in total. The molecule has 1 aliphatic heterocycles. The van der Waals surface area contributed by atoms with Crippen molar-refractivity contribution in [1.82, 2.24) is 9.88 Å². The second-order valence-corrected chi connectivity index (χ2v) is 7.99. The van der Waals surface area contributed by atoms with Crippen LogP contribution in [0, 0.1) is 0 Å². The van der Waals surface area contributed by atoms with Crippen LogP contribution in [-0.2, 0) is 4.79 Å². The van der Waals surface area contributed by atoms with Gasteiger partial charge in [-0.2, -0.15) is 0 Å². The molecule has 0 spiro atoms. The average Bonchev–Trinajstić information content (AvgIpc) is 3.19. The average molecular weight is 487 g/mol. The summed E-state index contributed by atoms with van der Waals surface area (Å²) >= 11 is 3.47. The number of fused-ring (bicyclic) bond motifs is 1. The van der Waals surface area contributed by atoms with E-state index in [1.165, 1.54) is 0 Å². The van der Waals surface area contributed by atoms with E-state index in [-0.39, 0.29) is 13.0 Å². The molecule has 1 aliphatic rings. The van der Waals surface area contributed by atoms with Gasteiger partial charge in [-0.05, 0) is 22.0 Å². The zero-order valence-corrected chi connectivity index (χ0v) is 18.1. The molecule has 1 fully saturated rings. The van der Waals surface area contributed by atoms with Gasteiger partial charge in [-0.3, -0.25) is 4.90 Å². The van der Waals surface area contributed by atoms with E-state index < -0.39 is 24.2 Å². The minimum atomic E-state index is -1.28. The molecule has 4 rings (SSSR count). The van der Waals surface area contributed by atoms with Gasteiger partial charge in [-0.25, -0.2) is 14.6 Å². The number of hydrogen-bond donors (Lipinski definition) is 2. The Balaban J connectivity index is 1.78. The highest BCUT2D eigenvalue weighted by Crippen LogP contribution is 2.37. The maximum atomic E-state index is 11.5. The minimum absolute atomic E-state index is 0.0336. The smallest absolute Gasteiger partial charge is 0.408 e. The van der Waals surface area contributed by atoms with Gasteiger partial charge in [-0.1, -0.05) is 30.3 Å². The van der Waals surface area contributed by atoms with Crippen molar-refractivity contribution < 1.29 is 29.3 Å². The van der Waals surface area contributed by atoms with Crippen LogP contribution >= 0.6 is 15.9 Å². The number of nitrogens with zero attached hydrogens (tertiary/aromatic N) is 2. The number of methoxy groups -OCH3 is 1. The molecule has 1 amide bonds. The maximum Gasteiger partial charge on any atom is 0.408 e. The monoisotopic (exact) mass is 486 g/mol. The molecule has 0 unspecified atom stereocenters. The number of carboxylic acid groups (broad SMARTS) is 2. The van der Waals surface area contributed by atoms with Gasteiger partial charge < -0.3 is 19.7 Å². The van der Waals surface area contributed by atoms with Crippen LogP contribution in [-0.4, -0.2) is 58.0 Å². The van der Waals surface area contributed by atoms with Gasteiger partial charge in [0, 0.05) is 29.5 Å². The summed E-state index contributed by atoms with van der Waals surface area (Å²) in [6.45, 7) is -0.0336. The third-order valence-corrected chi connectivity index (χ3v) is 5.82. The molecular formula is C22H19BrN2O6. The van der Waals surface area contributed by atoms with Crippen LogP contribution in [0.25, 0.3) is 22.2 Å². The first-order valence-electron chi connectivity index (χ1n) is 9.50. The van der Waals surface area contributed by atoms with Crippen LogP contribution in [0.15, 0.2) is 53.0 Å². The van der Waals surface area contributed by atoms with Crippen LogP contribution in [0.5, 0.6) is 11.5 Å². The van der Waals surface area contributed by atoms with E-state index in [1.54, 1.807) is 19.2 Å². The summed E-state index contributed by atoms with van der Waals surface area (Å²) < 4.78 is 12.3. The summed E-state index contributed by atoms with van der Waals surface area (Å²) in [4.78, 5) is 28.6. The van der Waals surface area contributed by atoms with Crippen molar-refractivity contribution in [3.63, 3.8) is 0 Å². The molecular weight excluding hydrogens is 468 g/mol. The van der Waals surface area contributed by atoms with Gasteiger partial charge in [0.05, 0.1) is 29.3 Å². The third-order valence-electron chi connectivity index (χ3n) is 5.20. The molecule has 31 heavy (non-hydrogen) atoms. The molecule has 9 heteroatoms. The number of aromatic nitrogens is 1. The number of pyridine rings is 1. The molecule has 1 aromatic heterocycles. The number of hydrogen-bond acceptors (Lipinski definition) is 5. The highest BCUT2D eigenvalue weighted by molar-refractivity contribution is 9.10. The zero-order valence-electron chi connectivity index (χ0n) is 16.5. The fourth-order valence-corrected chi connectivity index (χ4v) is 4.22. The Hall–Kier alpha value is -3.33. The lowest BCUT2D eigenvalue weighted by Crippen LogP contribution is -2.39. The van der Waals surface area contributed by atoms with Crippen molar-refractivity contribution in [3.8, 4) is 22.8 Å². The second kappa shape index (κ2) is 8.43. The van der Waals surface area contributed by atoms with Gasteiger partial charge in [-0.15, -0.1) is 0 Å². The lowest BCUT2D eigenvalue weighted by Gasteiger charge is -2.18. The number of amides is 1. The molecule has 0 aliphatic carbocycles. The Morgan fingerprint density at radius 1 is 1.13 bits per heavy atom. The first-order valence-corrected chi connectivity index (χ1v) is 10.3. The SMILES string of the molecule is COc1cc2nc(-c3ccccc3)cc(O[C@@H]3C[C@@H](C(=O)O)N(C(=O)O)C3)c2cc1Br. The molecule has 0 radical (unpaired) electrons. The van der Waals surface area contributed by atoms with Crippen LogP contribution in [0.3, 0.4) is 0 Å². The number of carboxylic acids is 1. The number of ether oxygens (including phenoxy) is 2. The van der Waals surface area contributed by atoms with Gasteiger partial charge >= 0.3 is 12.1 Å². The van der Waals surface area contributed by atoms with Crippen LogP contribution in [0.4, 0.5) is 4.79 Å². The minimum Gasteiger partial charge on any atom is -0.495 e. The summed E-state index contributed by atoms with van der Waals surface area (Å²) in [5, 5.41) is 19.4. The molecule has 2 atom stereocenters. The van der Waals surface area contributed by atoms with Crippen molar-refractivity contribution in [3.05, 3.63) is 53.0 Å². The van der Waals surface area contributed by atoms with Gasteiger partial charge in [0.15, 0.2) is 0 Å². The quantitative estimate of drug-likeness (QED) is 0.554. The molecule has 0 saturated carbocycles. The first kappa shape index (κ1) is 20.9. The van der Waals surface area contributed by atoms with Gasteiger partial charge in [0.1, 0.15) is 23.6 Å². The number of halogens is 1. The van der Waals surface area contributed by atoms with E-state index in [2.05, 4.69) is 15.9 Å². The van der Waals surface area contributed by atoms with Crippen molar-refractivity contribution in [2.45, 2.75) is 18.6 Å². The highest BCUT2D eigenvalue weighted by Gasteiger charge is 2.41. The number of aliphatic carboxylic acids is 1. The molecule has 2 heterocycles. The highest BCUT2D eigenvalue weighted by atomic mass is 79.9. The summed E-state index contributed by atoms with van der Waals surface area (Å²) in [6, 6.07) is 13.8. The predicted molar refractivity (Wildman–Crippen MR) is 117 cm³/mol. The Morgan fingerprint density at radius 2 is 1.87 bits per heavy atom. The fraction of sp³-hybridized carbons (Fsp3) is 0.227. The van der Waals surface area contributed by atoms with E-state index >= 15 is 0 Å². The first-order chi connectivity index (χ1) is 14.9. The Morgan fingerprint density at radius 3 is 2.48 bits per heavy atom. The lowest BCUT2D eigenvalue weighted by molar-refractivity contribution is -0.141. The van der Waals surface area contributed by atoms with Crippen LogP contribution in [0.1, 0.15) is 6.42 Å². The lowest BCUT2D eigenvalue weighted by atomic mass is 10.1. The van der Waals surface area contributed by atoms with Crippen LogP contribution in [0.2, 0.25) is 0 Å². The summed E-state index contributed by atoms with van der Waals surface area (Å²) in [7, 11) is 1.56. The van der Waals surface area contributed by atoms with E-state index in [1.807, 2.05) is 36.4 Å². The van der Waals surface area contributed by atoms with Gasteiger partial charge in [0.2, 0.25) is 0 Å². The van der Waals surface area contributed by atoms with E-state index in [9.17, 15) is 19.8 Å². The number of benzene rings is 2. The molecule has 0 bridgehead atoms. The zero-order chi connectivity index (χ0) is 22.1. The second-order valence-electron chi connectivity index (χ2n) is 7.14. The van der Waals surface area contributed by atoms with E-state index in [0.29, 0.717) is 32.6 Å². The summed E-state index contributed by atoms with van der Waals surface area (Å²) in [5.41, 5.74) is 2.20. The Kier molecular flexibility index (Phi) is 5.69. The van der Waals surface area contributed by atoms with Crippen LogP contribution < -0.4 is 9.47 Å². The molecule has 1 saturated heterocycles. The number of likely N-dealkylation sites (tertiary alicyclic amines) is 1. The fourth-order valence-electron chi connectivity index (χ4n) is 3.72. The normalized spacial score (nSPS) is 18.2.